The fourth-order valence-electron chi connectivity index (χ4n) is 3.30. The molecular formula is C20H26ClFIN5O. The van der Waals surface area contributed by atoms with Gasteiger partial charge in [-0.05, 0) is 36.2 Å². The minimum Gasteiger partial charge on any atom is -0.375 e. The van der Waals surface area contributed by atoms with E-state index in [9.17, 15) is 4.39 Å². The number of hydrogen-bond donors (Lipinski definition) is 2. The molecule has 0 spiro atoms. The van der Waals surface area contributed by atoms with E-state index in [0.29, 0.717) is 29.9 Å². The second-order valence-corrected chi connectivity index (χ2v) is 7.05. The monoisotopic (exact) mass is 533 g/mol. The van der Waals surface area contributed by atoms with Gasteiger partial charge >= 0.3 is 0 Å². The number of aliphatic imine (C=N–C) groups is 1. The zero-order valence-corrected chi connectivity index (χ0v) is 19.5. The topological polar surface area (TPSA) is 61.8 Å². The Morgan fingerprint density at radius 2 is 2.24 bits per heavy atom. The van der Waals surface area contributed by atoms with Gasteiger partial charge < -0.3 is 20.3 Å². The van der Waals surface area contributed by atoms with Crippen LogP contribution in [0.15, 0.2) is 47.6 Å². The standard InChI is InChI=1S/C20H25ClFN5O.HI/c1-23-20(25-12-18(28-2)14-5-3-6-15(21)11-14)26-16-8-10-27(13-16)19-17(22)7-4-9-24-19;/h3-7,9,11,16,18H,8,10,12-13H2,1-2H3,(H2,23,25,26);1H. The third-order valence-electron chi connectivity index (χ3n) is 4.75. The van der Waals surface area contributed by atoms with Gasteiger partial charge in [-0.2, -0.15) is 0 Å². The lowest BCUT2D eigenvalue weighted by molar-refractivity contribution is 0.106. The van der Waals surface area contributed by atoms with E-state index in [2.05, 4.69) is 20.6 Å². The van der Waals surface area contributed by atoms with Crippen LogP contribution in [0.25, 0.3) is 0 Å². The minimum absolute atomic E-state index is 0. The maximum Gasteiger partial charge on any atom is 0.191 e. The van der Waals surface area contributed by atoms with Crippen LogP contribution in [0, 0.1) is 5.82 Å². The summed E-state index contributed by atoms with van der Waals surface area (Å²) in [5.74, 6) is 0.780. The lowest BCUT2D eigenvalue weighted by Gasteiger charge is -2.22. The highest BCUT2D eigenvalue weighted by molar-refractivity contribution is 14.0. The van der Waals surface area contributed by atoms with Crippen LogP contribution < -0.4 is 15.5 Å². The molecule has 0 bridgehead atoms. The van der Waals surface area contributed by atoms with Gasteiger partial charge in [0, 0.05) is 51.1 Å². The van der Waals surface area contributed by atoms with Crippen LogP contribution in [-0.4, -0.2) is 50.8 Å². The summed E-state index contributed by atoms with van der Waals surface area (Å²) in [5, 5.41) is 7.36. The van der Waals surface area contributed by atoms with Crippen molar-refractivity contribution in [1.29, 1.82) is 0 Å². The predicted molar refractivity (Wildman–Crippen MR) is 126 cm³/mol. The van der Waals surface area contributed by atoms with Gasteiger partial charge in [-0.25, -0.2) is 9.37 Å². The van der Waals surface area contributed by atoms with E-state index >= 15 is 0 Å². The number of hydrogen-bond acceptors (Lipinski definition) is 4. The summed E-state index contributed by atoms with van der Waals surface area (Å²) in [6.45, 7) is 1.95. The summed E-state index contributed by atoms with van der Waals surface area (Å²) in [6.07, 6.45) is 2.33. The molecule has 9 heteroatoms. The lowest BCUT2D eigenvalue weighted by Crippen LogP contribution is -2.45. The van der Waals surface area contributed by atoms with E-state index in [4.69, 9.17) is 16.3 Å². The van der Waals surface area contributed by atoms with Crippen molar-refractivity contribution in [2.75, 3.05) is 38.7 Å². The van der Waals surface area contributed by atoms with E-state index in [1.807, 2.05) is 29.2 Å². The van der Waals surface area contributed by atoms with Crippen molar-refractivity contribution in [3.63, 3.8) is 0 Å². The summed E-state index contributed by atoms with van der Waals surface area (Å²) in [4.78, 5) is 10.4. The van der Waals surface area contributed by atoms with Gasteiger partial charge in [0.2, 0.25) is 0 Å². The van der Waals surface area contributed by atoms with E-state index < -0.39 is 0 Å². The van der Waals surface area contributed by atoms with Crippen LogP contribution in [0.3, 0.4) is 0 Å². The first-order valence-electron chi connectivity index (χ1n) is 9.21. The average Bonchev–Trinajstić information content (AvgIpc) is 3.16. The molecule has 0 saturated carbocycles. The van der Waals surface area contributed by atoms with Crippen molar-refractivity contribution in [2.24, 2.45) is 4.99 Å². The fraction of sp³-hybridized carbons (Fsp3) is 0.400. The summed E-state index contributed by atoms with van der Waals surface area (Å²) < 4.78 is 19.5. The second kappa shape index (κ2) is 11.5. The number of pyridine rings is 1. The number of ether oxygens (including phenoxy) is 1. The number of benzene rings is 1. The van der Waals surface area contributed by atoms with Gasteiger partial charge in [0.1, 0.15) is 0 Å². The van der Waals surface area contributed by atoms with Gasteiger partial charge in [-0.3, -0.25) is 4.99 Å². The zero-order valence-electron chi connectivity index (χ0n) is 16.4. The Morgan fingerprint density at radius 3 is 2.93 bits per heavy atom. The van der Waals surface area contributed by atoms with E-state index in [0.717, 1.165) is 18.5 Å². The molecule has 6 nitrogen and oxygen atoms in total. The molecule has 1 aromatic carbocycles. The highest BCUT2D eigenvalue weighted by atomic mass is 127. The van der Waals surface area contributed by atoms with Crippen molar-refractivity contribution in [2.45, 2.75) is 18.6 Å². The Morgan fingerprint density at radius 1 is 1.41 bits per heavy atom. The summed E-state index contributed by atoms with van der Waals surface area (Å²) in [5.41, 5.74) is 0.996. The summed E-state index contributed by atoms with van der Waals surface area (Å²) in [6, 6.07) is 10.8. The largest absolute Gasteiger partial charge is 0.375 e. The van der Waals surface area contributed by atoms with Gasteiger partial charge in [-0.1, -0.05) is 23.7 Å². The summed E-state index contributed by atoms with van der Waals surface area (Å²) in [7, 11) is 3.39. The molecular weight excluding hydrogens is 508 g/mol. The number of nitrogens with zero attached hydrogens (tertiary/aromatic N) is 3. The molecule has 158 valence electrons. The number of anilines is 1. The van der Waals surface area contributed by atoms with Crippen LogP contribution in [0.1, 0.15) is 18.1 Å². The Balaban J connectivity index is 0.00000300. The van der Waals surface area contributed by atoms with Gasteiger partial charge in [0.05, 0.1) is 6.10 Å². The molecule has 1 saturated heterocycles. The molecule has 2 heterocycles. The van der Waals surface area contributed by atoms with E-state index in [-0.39, 0.29) is 41.9 Å². The van der Waals surface area contributed by atoms with E-state index in [1.165, 1.54) is 6.07 Å². The SMILES string of the molecule is CN=C(NCC(OC)c1cccc(Cl)c1)NC1CCN(c2ncccc2F)C1.I. The molecule has 1 aliphatic rings. The molecule has 2 N–H and O–H groups in total. The first-order chi connectivity index (χ1) is 13.6. The van der Waals surface area contributed by atoms with Crippen molar-refractivity contribution in [1.82, 2.24) is 15.6 Å². The Labute approximate surface area is 192 Å². The summed E-state index contributed by atoms with van der Waals surface area (Å²) >= 11 is 6.08. The molecule has 29 heavy (non-hydrogen) atoms. The molecule has 2 unspecified atom stereocenters. The molecule has 1 aliphatic heterocycles. The molecule has 3 rings (SSSR count). The van der Waals surface area contributed by atoms with Crippen LogP contribution in [0.2, 0.25) is 5.02 Å². The third-order valence-corrected chi connectivity index (χ3v) is 4.99. The van der Waals surface area contributed by atoms with Crippen LogP contribution in [-0.2, 0) is 4.74 Å². The molecule has 0 aliphatic carbocycles. The van der Waals surface area contributed by atoms with Gasteiger partial charge in [-0.15, -0.1) is 24.0 Å². The molecule has 2 aromatic rings. The Bertz CT molecular complexity index is 825. The van der Waals surface area contributed by atoms with Crippen LogP contribution >= 0.6 is 35.6 Å². The third kappa shape index (κ3) is 6.42. The highest BCUT2D eigenvalue weighted by Gasteiger charge is 2.26. The quantitative estimate of drug-likeness (QED) is 0.337. The Hall–Kier alpha value is -1.65. The van der Waals surface area contributed by atoms with Crippen molar-refractivity contribution in [3.8, 4) is 0 Å². The van der Waals surface area contributed by atoms with Gasteiger partial charge in [0.25, 0.3) is 0 Å². The molecule has 1 fully saturated rings. The average molecular weight is 534 g/mol. The van der Waals surface area contributed by atoms with Crippen molar-refractivity contribution < 1.29 is 9.13 Å². The number of methoxy groups -OCH3 is 1. The van der Waals surface area contributed by atoms with E-state index in [1.54, 1.807) is 26.4 Å². The number of nitrogens with one attached hydrogen (secondary N) is 2. The second-order valence-electron chi connectivity index (χ2n) is 6.62. The molecule has 0 amide bonds. The number of guanidine groups is 1. The minimum atomic E-state index is -0.296. The van der Waals surface area contributed by atoms with Gasteiger partial charge in [0.15, 0.2) is 17.6 Å². The van der Waals surface area contributed by atoms with Crippen LogP contribution in [0.4, 0.5) is 10.2 Å². The maximum atomic E-state index is 14.0. The first kappa shape index (κ1) is 23.6. The molecule has 0 radical (unpaired) electrons. The maximum absolute atomic E-state index is 14.0. The number of aromatic nitrogens is 1. The fourth-order valence-corrected chi connectivity index (χ4v) is 3.50. The lowest BCUT2D eigenvalue weighted by atomic mass is 10.1. The first-order valence-corrected chi connectivity index (χ1v) is 9.59. The molecule has 1 aromatic heterocycles. The smallest absolute Gasteiger partial charge is 0.191 e. The number of rotatable bonds is 6. The zero-order chi connectivity index (χ0) is 19.9. The highest BCUT2D eigenvalue weighted by Crippen LogP contribution is 2.21. The molecule has 2 atom stereocenters. The normalized spacial score (nSPS) is 17.6. The van der Waals surface area contributed by atoms with Crippen LogP contribution in [0.5, 0.6) is 0 Å². The van der Waals surface area contributed by atoms with Crippen molar-refractivity contribution in [3.05, 3.63) is 59.0 Å². The number of halogens is 3. The van der Waals surface area contributed by atoms with Crippen molar-refractivity contribution >= 4 is 47.4 Å². The Kier molecular flexibility index (Phi) is 9.38. The predicted octanol–water partition coefficient (Wildman–Crippen LogP) is 3.62.